The molecule has 0 radical (unpaired) electrons. The van der Waals surface area contributed by atoms with Crippen LogP contribution >= 0.6 is 23.2 Å². The molecule has 1 aliphatic rings. The molecule has 138 valence electrons. The van der Waals surface area contributed by atoms with Crippen LogP contribution in [0.1, 0.15) is 15.9 Å². The normalized spacial score (nSPS) is 15.0. The first-order valence-corrected chi connectivity index (χ1v) is 9.13. The molecule has 1 saturated heterocycles. The van der Waals surface area contributed by atoms with Crippen LogP contribution in [0.25, 0.3) is 0 Å². The second-order valence-electron chi connectivity index (χ2n) is 6.10. The maximum absolute atomic E-state index is 13.6. The zero-order chi connectivity index (χ0) is 18.5. The highest BCUT2D eigenvalue weighted by molar-refractivity contribution is 6.37. The highest BCUT2D eigenvalue weighted by atomic mass is 35.5. The van der Waals surface area contributed by atoms with E-state index in [0.29, 0.717) is 5.69 Å². The molecule has 1 aliphatic heterocycles. The third-order valence-electron chi connectivity index (χ3n) is 4.29. The number of nitrogens with zero attached hydrogens (tertiary/aromatic N) is 1. The fraction of sp³-hybridized carbons (Fsp3) is 0.316. The van der Waals surface area contributed by atoms with Gasteiger partial charge in [0.05, 0.1) is 28.8 Å². The molecule has 1 N–H and O–H groups in total. The largest absolute Gasteiger partial charge is 0.379 e. The van der Waals surface area contributed by atoms with E-state index in [1.54, 1.807) is 0 Å². The molecular formula is C19H19Cl2FN2O2. The summed E-state index contributed by atoms with van der Waals surface area (Å²) in [7, 11) is 0. The van der Waals surface area contributed by atoms with E-state index in [1.165, 1.54) is 11.6 Å². The maximum Gasteiger partial charge on any atom is 0.257 e. The molecule has 0 unspecified atom stereocenters. The summed E-state index contributed by atoms with van der Waals surface area (Å²) in [6, 6.07) is 9.86. The lowest BCUT2D eigenvalue weighted by molar-refractivity contribution is 0.0384. The molecule has 3 rings (SSSR count). The van der Waals surface area contributed by atoms with Gasteiger partial charge in [-0.05, 0) is 36.2 Å². The van der Waals surface area contributed by atoms with Gasteiger partial charge >= 0.3 is 0 Å². The molecule has 2 aromatic carbocycles. The summed E-state index contributed by atoms with van der Waals surface area (Å²) < 4.78 is 18.9. The van der Waals surface area contributed by atoms with Gasteiger partial charge < -0.3 is 10.1 Å². The summed E-state index contributed by atoms with van der Waals surface area (Å²) in [6.07, 6.45) is 0.933. The van der Waals surface area contributed by atoms with Crippen LogP contribution in [-0.4, -0.2) is 43.7 Å². The summed E-state index contributed by atoms with van der Waals surface area (Å²) in [5.41, 5.74) is 1.85. The number of benzene rings is 2. The van der Waals surface area contributed by atoms with E-state index in [-0.39, 0.29) is 15.6 Å². The van der Waals surface area contributed by atoms with Crippen LogP contribution in [0.3, 0.4) is 0 Å². The molecular weight excluding hydrogens is 378 g/mol. The van der Waals surface area contributed by atoms with Gasteiger partial charge in [-0.25, -0.2) is 4.39 Å². The monoisotopic (exact) mass is 396 g/mol. The Bertz CT molecular complexity index is 778. The lowest BCUT2D eigenvalue weighted by Crippen LogP contribution is -2.37. The van der Waals surface area contributed by atoms with E-state index in [4.69, 9.17) is 27.9 Å². The van der Waals surface area contributed by atoms with Crippen LogP contribution in [0.15, 0.2) is 36.4 Å². The van der Waals surface area contributed by atoms with Crippen LogP contribution in [0, 0.1) is 5.82 Å². The molecule has 0 bridgehead atoms. The van der Waals surface area contributed by atoms with Crippen molar-refractivity contribution < 1.29 is 13.9 Å². The number of halogens is 3. The minimum Gasteiger partial charge on any atom is -0.379 e. The van der Waals surface area contributed by atoms with Gasteiger partial charge in [0, 0.05) is 25.3 Å². The summed E-state index contributed by atoms with van der Waals surface area (Å²) in [5.74, 6) is -1.16. The number of carbonyl (C=O) groups excluding carboxylic acids is 1. The minimum atomic E-state index is -0.681. The Hall–Kier alpha value is -1.66. The van der Waals surface area contributed by atoms with E-state index < -0.39 is 11.7 Å². The lowest BCUT2D eigenvalue weighted by Gasteiger charge is -2.26. The van der Waals surface area contributed by atoms with Gasteiger partial charge in [0.1, 0.15) is 5.82 Å². The Morgan fingerprint density at radius 1 is 1.12 bits per heavy atom. The predicted octanol–water partition coefficient (Wildman–Crippen LogP) is 4.26. The topological polar surface area (TPSA) is 41.6 Å². The van der Waals surface area contributed by atoms with Gasteiger partial charge in [0.2, 0.25) is 0 Å². The molecule has 26 heavy (non-hydrogen) atoms. The molecule has 4 nitrogen and oxygen atoms in total. The Labute approximate surface area is 161 Å². The molecule has 1 fully saturated rings. The van der Waals surface area contributed by atoms with Crippen molar-refractivity contribution >= 4 is 34.8 Å². The van der Waals surface area contributed by atoms with Crippen LogP contribution in [-0.2, 0) is 11.2 Å². The summed E-state index contributed by atoms with van der Waals surface area (Å²) in [4.78, 5) is 14.7. The second-order valence-corrected chi connectivity index (χ2v) is 6.92. The van der Waals surface area contributed by atoms with Crippen molar-refractivity contribution in [3.63, 3.8) is 0 Å². The lowest BCUT2D eigenvalue weighted by atomic mass is 10.1. The van der Waals surface area contributed by atoms with Crippen molar-refractivity contribution in [1.29, 1.82) is 0 Å². The number of carbonyl (C=O) groups is 1. The minimum absolute atomic E-state index is 0.0463. The maximum atomic E-state index is 13.6. The van der Waals surface area contributed by atoms with E-state index in [2.05, 4.69) is 10.2 Å². The Kier molecular flexibility index (Phi) is 6.48. The second kappa shape index (κ2) is 8.82. The Morgan fingerprint density at radius 2 is 1.81 bits per heavy atom. The number of anilines is 1. The number of amides is 1. The highest BCUT2D eigenvalue weighted by Crippen LogP contribution is 2.25. The Balaban J connectivity index is 1.58. The average Bonchev–Trinajstić information content (AvgIpc) is 2.65. The van der Waals surface area contributed by atoms with Crippen LogP contribution in [0.4, 0.5) is 10.1 Å². The quantitative estimate of drug-likeness (QED) is 0.767. The molecule has 1 heterocycles. The highest BCUT2D eigenvalue weighted by Gasteiger charge is 2.15. The number of hydrogen-bond donors (Lipinski definition) is 1. The van der Waals surface area contributed by atoms with Crippen LogP contribution in [0.2, 0.25) is 10.0 Å². The smallest absolute Gasteiger partial charge is 0.257 e. The van der Waals surface area contributed by atoms with Gasteiger partial charge in [-0.15, -0.1) is 0 Å². The molecule has 2 aromatic rings. The number of nitrogens with one attached hydrogen (secondary N) is 1. The van der Waals surface area contributed by atoms with Crippen molar-refractivity contribution in [3.05, 3.63) is 63.4 Å². The first kappa shape index (κ1) is 19.1. The van der Waals surface area contributed by atoms with Crippen molar-refractivity contribution in [2.75, 3.05) is 38.2 Å². The first-order valence-electron chi connectivity index (χ1n) is 8.38. The fourth-order valence-corrected chi connectivity index (χ4v) is 3.23. The van der Waals surface area contributed by atoms with Gasteiger partial charge in [-0.2, -0.15) is 0 Å². The summed E-state index contributed by atoms with van der Waals surface area (Å²) >= 11 is 11.6. The standard InChI is InChI=1S/C19H19Cl2FN2O2/c20-16-12-17(21)18(22)11-15(16)19(25)23-14-3-1-13(2-4-14)5-6-24-7-9-26-10-8-24/h1-4,11-12H,5-10H2,(H,23,25). The molecule has 0 spiro atoms. The molecule has 0 aliphatic carbocycles. The first-order chi connectivity index (χ1) is 12.5. The predicted molar refractivity (Wildman–Crippen MR) is 102 cm³/mol. The number of morpholine rings is 1. The van der Waals surface area contributed by atoms with E-state index in [1.807, 2.05) is 24.3 Å². The van der Waals surface area contributed by atoms with Crippen molar-refractivity contribution in [3.8, 4) is 0 Å². The van der Waals surface area contributed by atoms with Crippen molar-refractivity contribution in [2.24, 2.45) is 0 Å². The molecule has 0 atom stereocenters. The van der Waals surface area contributed by atoms with Gasteiger partial charge in [-0.1, -0.05) is 35.3 Å². The SMILES string of the molecule is O=C(Nc1ccc(CCN2CCOCC2)cc1)c1cc(F)c(Cl)cc1Cl. The number of hydrogen-bond acceptors (Lipinski definition) is 3. The third kappa shape index (κ3) is 4.95. The van der Waals surface area contributed by atoms with Crippen molar-refractivity contribution in [1.82, 2.24) is 4.90 Å². The van der Waals surface area contributed by atoms with Crippen molar-refractivity contribution in [2.45, 2.75) is 6.42 Å². The zero-order valence-electron chi connectivity index (χ0n) is 14.1. The van der Waals surface area contributed by atoms with Crippen LogP contribution in [0.5, 0.6) is 0 Å². The summed E-state index contributed by atoms with van der Waals surface area (Å²) in [5, 5.41) is 2.71. The molecule has 1 amide bonds. The van der Waals surface area contributed by atoms with E-state index >= 15 is 0 Å². The molecule has 7 heteroatoms. The fourth-order valence-electron chi connectivity index (χ4n) is 2.76. The van der Waals surface area contributed by atoms with E-state index in [0.717, 1.165) is 45.3 Å². The number of rotatable bonds is 5. The summed E-state index contributed by atoms with van der Waals surface area (Å²) in [6.45, 7) is 4.49. The van der Waals surface area contributed by atoms with Gasteiger partial charge in [0.15, 0.2) is 0 Å². The zero-order valence-corrected chi connectivity index (χ0v) is 15.6. The molecule has 0 saturated carbocycles. The van der Waals surface area contributed by atoms with Gasteiger partial charge in [-0.3, -0.25) is 9.69 Å². The number of ether oxygens (including phenoxy) is 1. The average molecular weight is 397 g/mol. The third-order valence-corrected chi connectivity index (χ3v) is 4.89. The van der Waals surface area contributed by atoms with E-state index in [9.17, 15) is 9.18 Å². The Morgan fingerprint density at radius 3 is 2.50 bits per heavy atom. The molecule has 0 aromatic heterocycles. The van der Waals surface area contributed by atoms with Crippen LogP contribution < -0.4 is 5.32 Å². The van der Waals surface area contributed by atoms with Gasteiger partial charge in [0.25, 0.3) is 5.91 Å².